The van der Waals surface area contributed by atoms with Crippen molar-refractivity contribution in [2.45, 2.75) is 53.9 Å². The van der Waals surface area contributed by atoms with Crippen LogP contribution in [0.4, 0.5) is 69.1 Å². The fourth-order valence-corrected chi connectivity index (χ4v) is 6.05. The zero-order valence-corrected chi connectivity index (χ0v) is 31.4. The summed E-state index contributed by atoms with van der Waals surface area (Å²) in [5.41, 5.74) is 7.61. The van der Waals surface area contributed by atoms with Crippen molar-refractivity contribution in [3.05, 3.63) is 98.1 Å². The molecule has 57 heavy (non-hydrogen) atoms. The van der Waals surface area contributed by atoms with Crippen LogP contribution in [0.25, 0.3) is 43.1 Å². The van der Waals surface area contributed by atoms with Crippen LogP contribution in [0.5, 0.6) is 0 Å². The third-order valence-corrected chi connectivity index (χ3v) is 8.32. The number of nitrogens with zero attached hydrogens (tertiary/aromatic N) is 4. The first-order valence-electron chi connectivity index (χ1n) is 16.8. The first kappa shape index (κ1) is 50.5. The van der Waals surface area contributed by atoms with Crippen LogP contribution in [0.15, 0.2) is 98.1 Å². The zero-order valence-electron chi connectivity index (χ0n) is 30.6. The minimum Gasteiger partial charge on any atom is -0.418 e. The maximum Gasteiger partial charge on any atom is 0.673 e. The van der Waals surface area contributed by atoms with Crippen molar-refractivity contribution in [3.63, 3.8) is 0 Å². The van der Waals surface area contributed by atoms with Gasteiger partial charge in [0, 0.05) is 80.5 Å². The van der Waals surface area contributed by atoms with Gasteiger partial charge < -0.3 is 69.1 Å². The molecule has 0 radical (unpaired) electrons. The first-order valence-corrected chi connectivity index (χ1v) is 17.6. The second kappa shape index (κ2) is 22.4. The van der Waals surface area contributed by atoms with Crippen molar-refractivity contribution in [1.29, 1.82) is 0 Å². The number of hydrogen-bond donors (Lipinski definition) is 0. The van der Waals surface area contributed by atoms with E-state index in [0.29, 0.717) is 0 Å². The van der Waals surface area contributed by atoms with Gasteiger partial charge in [-0.3, -0.25) is 0 Å². The van der Waals surface area contributed by atoms with Crippen LogP contribution >= 0.6 is 11.3 Å². The Kier molecular flexibility index (Phi) is 19.8. The van der Waals surface area contributed by atoms with E-state index in [1.807, 2.05) is 11.3 Å². The zero-order chi connectivity index (χ0) is 43.8. The molecule has 0 atom stereocenters. The molecule has 5 heterocycles. The van der Waals surface area contributed by atoms with Gasteiger partial charge in [-0.25, -0.2) is 18.3 Å². The van der Waals surface area contributed by atoms with Gasteiger partial charge >= 0.3 is 29.0 Å². The molecule has 0 aliphatic rings. The van der Waals surface area contributed by atoms with E-state index in [4.69, 9.17) is 0 Å². The maximum atomic E-state index is 9.75. The molecule has 5 aromatic heterocycles. The smallest absolute Gasteiger partial charge is 0.418 e. The van der Waals surface area contributed by atoms with Crippen LogP contribution < -0.4 is 18.3 Å². The molecule has 0 saturated carbocycles. The van der Waals surface area contributed by atoms with Crippen LogP contribution in [-0.4, -0.2) is 29.0 Å². The van der Waals surface area contributed by atoms with Crippen molar-refractivity contribution >= 4 is 40.4 Å². The topological polar surface area (TPSA) is 15.5 Å². The third kappa shape index (κ3) is 22.1. The quantitative estimate of drug-likeness (QED) is 0.0840. The van der Waals surface area contributed by atoms with Crippen LogP contribution in [0.1, 0.15) is 27.7 Å². The Morgan fingerprint density at radius 3 is 0.649 bits per heavy atom. The number of pyridine rings is 4. The van der Waals surface area contributed by atoms with Gasteiger partial charge in [0.25, 0.3) is 0 Å². The Bertz CT molecular complexity index is 1720. The largest absolute Gasteiger partial charge is 0.673 e. The molecule has 5 aromatic rings. The summed E-state index contributed by atoms with van der Waals surface area (Å²) in [5, 5.41) is 0. The summed E-state index contributed by atoms with van der Waals surface area (Å²) in [5.74, 6) is 0. The molecular formula is C32H36B4F16N4S. The highest BCUT2D eigenvalue weighted by molar-refractivity contribution is 7.20. The summed E-state index contributed by atoms with van der Waals surface area (Å²) in [6.07, 6.45) is 17.5. The molecule has 314 valence electrons. The van der Waals surface area contributed by atoms with Gasteiger partial charge in [-0.1, -0.05) is 0 Å². The van der Waals surface area contributed by atoms with E-state index in [2.05, 4.69) is 144 Å². The number of hydrogen-bond acceptors (Lipinski definition) is 1. The predicted octanol–water partition coefficient (Wildman–Crippen LogP) is 10.8. The van der Waals surface area contributed by atoms with Crippen molar-refractivity contribution in [3.8, 4) is 43.1 Å². The molecule has 4 nitrogen and oxygen atoms in total. The van der Waals surface area contributed by atoms with E-state index in [9.17, 15) is 69.1 Å². The number of halogens is 16. The van der Waals surface area contributed by atoms with Crippen LogP contribution in [-0.2, 0) is 26.2 Å². The molecule has 25 heteroatoms. The highest BCUT2D eigenvalue weighted by Gasteiger charge is 2.26. The fraction of sp³-hybridized carbons (Fsp3) is 0.250. The summed E-state index contributed by atoms with van der Waals surface area (Å²) in [6.45, 7) is 12.6. The van der Waals surface area contributed by atoms with Crippen LogP contribution in [0.3, 0.4) is 0 Å². The van der Waals surface area contributed by atoms with Gasteiger partial charge in [0.15, 0.2) is 49.6 Å². The molecule has 0 aliphatic carbocycles. The van der Waals surface area contributed by atoms with Gasteiger partial charge in [0.2, 0.25) is 0 Å². The molecule has 0 aliphatic heterocycles. The van der Waals surface area contributed by atoms with E-state index in [1.165, 1.54) is 43.1 Å². The lowest BCUT2D eigenvalue weighted by Crippen LogP contribution is -2.30. The lowest BCUT2D eigenvalue weighted by atomic mass is 9.92. The van der Waals surface area contributed by atoms with Gasteiger partial charge in [-0.15, -0.1) is 11.3 Å². The summed E-state index contributed by atoms with van der Waals surface area (Å²) in [6, 6.07) is 18.1. The molecule has 0 aromatic carbocycles. The molecule has 0 unspecified atom stereocenters. The molecule has 0 bridgehead atoms. The molecule has 0 saturated heterocycles. The molecule has 0 N–H and O–H groups in total. The Hall–Kier alpha value is -4.56. The Balaban J connectivity index is 0.000000672. The van der Waals surface area contributed by atoms with E-state index in [0.717, 1.165) is 26.2 Å². The minimum absolute atomic E-state index is 0.960. The van der Waals surface area contributed by atoms with Crippen molar-refractivity contribution in [1.82, 2.24) is 0 Å². The van der Waals surface area contributed by atoms with Crippen LogP contribution in [0.2, 0.25) is 0 Å². The van der Waals surface area contributed by atoms with Crippen molar-refractivity contribution < 1.29 is 87.3 Å². The Morgan fingerprint density at radius 2 is 0.491 bits per heavy atom. The summed E-state index contributed by atoms with van der Waals surface area (Å²) < 4.78 is 165. The molecular weight excluding hydrogens is 820 g/mol. The average molecular weight is 856 g/mol. The fourth-order valence-electron chi connectivity index (χ4n) is 4.70. The summed E-state index contributed by atoms with van der Waals surface area (Å²) >= 11 is 1.90. The van der Waals surface area contributed by atoms with Crippen molar-refractivity contribution in [2.24, 2.45) is 0 Å². The molecule has 0 amide bonds. The number of aryl methyl sites for hydroxylation is 4. The average Bonchev–Trinajstić information content (AvgIpc) is 3.49. The van der Waals surface area contributed by atoms with Gasteiger partial charge in [-0.05, 0) is 38.8 Å². The molecule has 5 rings (SSSR count). The van der Waals surface area contributed by atoms with E-state index in [-0.39, 0.29) is 0 Å². The lowest BCUT2D eigenvalue weighted by molar-refractivity contribution is -0.693. The monoisotopic (exact) mass is 856 g/mol. The number of aromatic nitrogens is 4. The van der Waals surface area contributed by atoms with E-state index < -0.39 is 29.0 Å². The maximum absolute atomic E-state index is 9.75. The van der Waals surface area contributed by atoms with Gasteiger partial charge in [-0.2, -0.15) is 0 Å². The van der Waals surface area contributed by atoms with E-state index >= 15 is 0 Å². The highest BCUT2D eigenvalue weighted by Crippen LogP contribution is 2.51. The summed E-state index contributed by atoms with van der Waals surface area (Å²) in [7, 11) is -24.0. The van der Waals surface area contributed by atoms with Gasteiger partial charge in [0.1, 0.15) is 26.2 Å². The highest BCUT2D eigenvalue weighted by atomic mass is 32.1. The molecule has 0 fully saturated rings. The van der Waals surface area contributed by atoms with Gasteiger partial charge in [0.05, 0.1) is 0 Å². The number of rotatable bonds is 8. The number of thiophene rings is 1. The Labute approximate surface area is 322 Å². The minimum atomic E-state index is -6.00. The second-order valence-corrected chi connectivity index (χ2v) is 12.2. The first-order chi connectivity index (χ1) is 26.1. The standard InChI is InChI=1S/C32H36N4S.4BF4/c1-5-33-17-9-25(10-18-33)29-30(26-11-19-34(6-2)20-12-26)32(28-15-23-36(8-4)24-16-28)37-31(29)27-13-21-35(7-3)22-14-27;4*2-1(3,4)5/h9-24H,5-8H2,1-4H3;;;;/q+4;4*-1. The summed E-state index contributed by atoms with van der Waals surface area (Å²) in [4.78, 5) is 2.61. The third-order valence-electron chi connectivity index (χ3n) is 7.04. The second-order valence-electron chi connectivity index (χ2n) is 11.2. The lowest BCUT2D eigenvalue weighted by Gasteiger charge is -2.10. The van der Waals surface area contributed by atoms with Crippen molar-refractivity contribution in [2.75, 3.05) is 0 Å². The normalized spacial score (nSPS) is 11.4. The Morgan fingerprint density at radius 1 is 0.333 bits per heavy atom. The van der Waals surface area contributed by atoms with Crippen LogP contribution in [0, 0.1) is 0 Å². The van der Waals surface area contributed by atoms with E-state index in [1.54, 1.807) is 0 Å². The molecule has 0 spiro atoms. The SMILES string of the molecule is CC[n+]1ccc(-c2sc(-c3cc[n+](CC)cc3)c(-c3cc[n+](CC)cc3)c2-c2cc[n+](CC)cc2)cc1.F[B-](F)(F)F.F[B-](F)(F)F.F[B-](F)(F)F.F[B-](F)(F)F. The predicted molar refractivity (Wildman–Crippen MR) is 190 cm³/mol.